The molecule has 0 aliphatic carbocycles. The molecule has 7 heteroatoms. The summed E-state index contributed by atoms with van der Waals surface area (Å²) in [5, 5.41) is 2.71. The van der Waals surface area contributed by atoms with E-state index in [9.17, 15) is 18.4 Å². The molecule has 0 atom stereocenters. The number of benzene rings is 2. The van der Waals surface area contributed by atoms with Crippen molar-refractivity contribution in [3.8, 4) is 0 Å². The van der Waals surface area contributed by atoms with E-state index in [0.717, 1.165) is 29.5 Å². The van der Waals surface area contributed by atoms with Gasteiger partial charge in [0.05, 0.1) is 18.4 Å². The third-order valence-electron chi connectivity index (χ3n) is 3.13. The molecule has 0 heterocycles. The largest absolute Gasteiger partial charge is 0.465 e. The Morgan fingerprint density at radius 1 is 1.08 bits per heavy atom. The van der Waals surface area contributed by atoms with Gasteiger partial charge in [0.2, 0.25) is 5.91 Å². The van der Waals surface area contributed by atoms with Crippen molar-refractivity contribution in [3.63, 3.8) is 0 Å². The molecule has 1 amide bonds. The number of esters is 1. The molecule has 0 saturated heterocycles. The van der Waals surface area contributed by atoms with Gasteiger partial charge in [0.15, 0.2) is 11.6 Å². The Labute approximate surface area is 142 Å². The van der Waals surface area contributed by atoms with Gasteiger partial charge in [-0.1, -0.05) is 12.1 Å². The summed E-state index contributed by atoms with van der Waals surface area (Å²) in [5.74, 6) is -2.42. The van der Waals surface area contributed by atoms with Gasteiger partial charge in [0.1, 0.15) is 0 Å². The molecule has 2 aromatic rings. The van der Waals surface area contributed by atoms with Crippen LogP contribution in [0.3, 0.4) is 0 Å². The second-order valence-electron chi connectivity index (χ2n) is 4.83. The summed E-state index contributed by atoms with van der Waals surface area (Å²) in [6.07, 6.45) is 0. The molecule has 0 spiro atoms. The number of amides is 1. The maximum absolute atomic E-state index is 13.1. The highest BCUT2D eigenvalue weighted by Gasteiger charge is 2.07. The summed E-state index contributed by atoms with van der Waals surface area (Å²) in [6.45, 7) is 0.304. The monoisotopic (exact) mass is 351 g/mol. The molecule has 0 aliphatic heterocycles. The summed E-state index contributed by atoms with van der Waals surface area (Å²) in [7, 11) is 1.31. The number of halogens is 2. The van der Waals surface area contributed by atoms with Crippen LogP contribution in [0.25, 0.3) is 0 Å². The maximum Gasteiger partial charge on any atom is 0.337 e. The van der Waals surface area contributed by atoms with E-state index in [0.29, 0.717) is 17.0 Å². The molecular weight excluding hydrogens is 336 g/mol. The minimum absolute atomic E-state index is 0.0886. The SMILES string of the molecule is COC(=O)c1ccc(CNC(=O)CSc2ccc(F)c(F)c2)cc1. The molecule has 2 aromatic carbocycles. The molecule has 0 bridgehead atoms. The van der Waals surface area contributed by atoms with Gasteiger partial charge in [-0.05, 0) is 35.9 Å². The maximum atomic E-state index is 13.1. The van der Waals surface area contributed by atoms with E-state index in [2.05, 4.69) is 10.1 Å². The minimum Gasteiger partial charge on any atom is -0.465 e. The van der Waals surface area contributed by atoms with Crippen LogP contribution in [0.5, 0.6) is 0 Å². The summed E-state index contributed by atoms with van der Waals surface area (Å²) in [6, 6.07) is 10.2. The van der Waals surface area contributed by atoms with Gasteiger partial charge in [0, 0.05) is 11.4 Å². The molecule has 0 saturated carbocycles. The van der Waals surface area contributed by atoms with Crippen LogP contribution in [0.4, 0.5) is 8.78 Å². The molecule has 0 unspecified atom stereocenters. The predicted octanol–water partition coefficient (Wildman–Crippen LogP) is 3.16. The van der Waals surface area contributed by atoms with Crippen molar-refractivity contribution < 1.29 is 23.1 Å². The summed E-state index contributed by atoms with van der Waals surface area (Å²) < 4.78 is 30.5. The van der Waals surface area contributed by atoms with E-state index in [1.807, 2.05) is 0 Å². The first-order valence-corrected chi connectivity index (χ1v) is 8.00. The number of carbonyl (C=O) groups is 2. The Morgan fingerprint density at radius 3 is 2.42 bits per heavy atom. The number of methoxy groups -OCH3 is 1. The Kier molecular flexibility index (Phi) is 6.31. The lowest BCUT2D eigenvalue weighted by molar-refractivity contribution is -0.118. The van der Waals surface area contributed by atoms with Crippen molar-refractivity contribution in [2.75, 3.05) is 12.9 Å². The van der Waals surface area contributed by atoms with Gasteiger partial charge in [-0.15, -0.1) is 11.8 Å². The van der Waals surface area contributed by atoms with Crippen molar-refractivity contribution in [1.29, 1.82) is 0 Å². The number of thioether (sulfide) groups is 1. The van der Waals surface area contributed by atoms with E-state index in [-0.39, 0.29) is 11.7 Å². The van der Waals surface area contributed by atoms with E-state index >= 15 is 0 Å². The predicted molar refractivity (Wildman–Crippen MR) is 86.7 cm³/mol. The zero-order valence-electron chi connectivity index (χ0n) is 12.8. The average Bonchev–Trinajstić information content (AvgIpc) is 2.60. The molecule has 2 rings (SSSR count). The highest BCUT2D eigenvalue weighted by Crippen LogP contribution is 2.20. The molecule has 1 N–H and O–H groups in total. The number of hydrogen-bond donors (Lipinski definition) is 1. The lowest BCUT2D eigenvalue weighted by Gasteiger charge is -2.06. The Hall–Kier alpha value is -2.41. The highest BCUT2D eigenvalue weighted by atomic mass is 32.2. The number of nitrogens with one attached hydrogen (secondary N) is 1. The van der Waals surface area contributed by atoms with E-state index < -0.39 is 17.6 Å². The van der Waals surface area contributed by atoms with E-state index in [1.165, 1.54) is 13.2 Å². The zero-order chi connectivity index (χ0) is 17.5. The standard InChI is InChI=1S/C17H15F2NO3S/c1-23-17(22)12-4-2-11(3-5-12)9-20-16(21)10-24-13-6-7-14(18)15(19)8-13/h2-8H,9-10H2,1H3,(H,20,21). The van der Waals surface area contributed by atoms with Crippen LogP contribution in [-0.2, 0) is 16.1 Å². The lowest BCUT2D eigenvalue weighted by atomic mass is 10.1. The number of carbonyl (C=O) groups excluding carboxylic acids is 2. The first kappa shape index (κ1) is 17.9. The van der Waals surface area contributed by atoms with Gasteiger partial charge in [-0.25, -0.2) is 13.6 Å². The van der Waals surface area contributed by atoms with E-state index in [1.54, 1.807) is 24.3 Å². The molecule has 0 radical (unpaired) electrons. The second-order valence-corrected chi connectivity index (χ2v) is 5.88. The number of ether oxygens (including phenoxy) is 1. The molecule has 0 aliphatic rings. The zero-order valence-corrected chi connectivity index (χ0v) is 13.7. The minimum atomic E-state index is -0.939. The second kappa shape index (κ2) is 8.44. The van der Waals surface area contributed by atoms with Crippen molar-refractivity contribution in [1.82, 2.24) is 5.32 Å². The summed E-state index contributed by atoms with van der Waals surface area (Å²) in [5.41, 5.74) is 1.26. The molecule has 4 nitrogen and oxygen atoms in total. The Bertz CT molecular complexity index is 735. The highest BCUT2D eigenvalue weighted by molar-refractivity contribution is 8.00. The van der Waals surface area contributed by atoms with Gasteiger partial charge in [-0.3, -0.25) is 4.79 Å². The smallest absolute Gasteiger partial charge is 0.337 e. The fourth-order valence-electron chi connectivity index (χ4n) is 1.84. The molecule has 0 fully saturated rings. The molecular formula is C17H15F2NO3S. The normalized spacial score (nSPS) is 10.3. The van der Waals surface area contributed by atoms with Crippen molar-refractivity contribution >= 4 is 23.6 Å². The van der Waals surface area contributed by atoms with Crippen LogP contribution in [0.1, 0.15) is 15.9 Å². The van der Waals surface area contributed by atoms with Crippen LogP contribution in [-0.4, -0.2) is 24.7 Å². The summed E-state index contributed by atoms with van der Waals surface area (Å²) >= 11 is 1.12. The lowest BCUT2D eigenvalue weighted by Crippen LogP contribution is -2.24. The van der Waals surface area contributed by atoms with Crippen LogP contribution >= 0.6 is 11.8 Å². The average molecular weight is 351 g/mol. The fraction of sp³-hybridized carbons (Fsp3) is 0.176. The number of rotatable bonds is 6. The van der Waals surface area contributed by atoms with Crippen LogP contribution in [0.15, 0.2) is 47.4 Å². The van der Waals surface area contributed by atoms with Gasteiger partial charge < -0.3 is 10.1 Å². The van der Waals surface area contributed by atoms with E-state index in [4.69, 9.17) is 0 Å². The fourth-order valence-corrected chi connectivity index (χ4v) is 2.59. The Balaban J connectivity index is 1.80. The van der Waals surface area contributed by atoms with Crippen molar-refractivity contribution in [2.24, 2.45) is 0 Å². The van der Waals surface area contributed by atoms with Gasteiger partial charge in [-0.2, -0.15) is 0 Å². The molecule has 126 valence electrons. The third-order valence-corrected chi connectivity index (χ3v) is 4.12. The summed E-state index contributed by atoms with van der Waals surface area (Å²) in [4.78, 5) is 23.6. The van der Waals surface area contributed by atoms with Crippen LogP contribution in [0, 0.1) is 11.6 Å². The van der Waals surface area contributed by atoms with Crippen LogP contribution < -0.4 is 5.32 Å². The first-order valence-electron chi connectivity index (χ1n) is 7.01. The van der Waals surface area contributed by atoms with Crippen molar-refractivity contribution in [3.05, 3.63) is 65.2 Å². The molecule has 24 heavy (non-hydrogen) atoms. The third kappa shape index (κ3) is 5.06. The topological polar surface area (TPSA) is 55.4 Å². The number of hydrogen-bond acceptors (Lipinski definition) is 4. The molecule has 0 aromatic heterocycles. The van der Waals surface area contributed by atoms with Crippen molar-refractivity contribution in [2.45, 2.75) is 11.4 Å². The van der Waals surface area contributed by atoms with Gasteiger partial charge >= 0.3 is 5.97 Å². The Morgan fingerprint density at radius 2 is 1.79 bits per heavy atom. The quantitative estimate of drug-likeness (QED) is 0.642. The van der Waals surface area contributed by atoms with Gasteiger partial charge in [0.25, 0.3) is 0 Å². The first-order chi connectivity index (χ1) is 11.5. The van der Waals surface area contributed by atoms with Crippen LogP contribution in [0.2, 0.25) is 0 Å².